The van der Waals surface area contributed by atoms with Crippen molar-refractivity contribution >= 4 is 24.6 Å². The Morgan fingerprint density at radius 2 is 1.56 bits per heavy atom. The number of benzene rings is 1. The van der Waals surface area contributed by atoms with Gasteiger partial charge in [0.1, 0.15) is 11.6 Å². The van der Waals surface area contributed by atoms with Crippen LogP contribution in [0.4, 0.5) is 4.79 Å². The van der Waals surface area contributed by atoms with E-state index in [1.807, 2.05) is 27.7 Å². The number of hydrogen-bond acceptors (Lipinski definition) is 8. The maximum Gasteiger partial charge on any atom is 0.495 e. The summed E-state index contributed by atoms with van der Waals surface area (Å²) in [4.78, 5) is 25.2. The predicted octanol–water partition coefficient (Wildman–Crippen LogP) is 3.00. The second-order valence-electron chi connectivity index (χ2n) is 10.1. The third kappa shape index (κ3) is 6.57. The molecule has 0 radical (unpaired) electrons. The van der Waals surface area contributed by atoms with Gasteiger partial charge in [0.2, 0.25) is 0 Å². The molecule has 1 saturated heterocycles. The van der Waals surface area contributed by atoms with Crippen LogP contribution in [0.1, 0.15) is 61.0 Å². The molecule has 1 aromatic carbocycles. The Bertz CT molecular complexity index is 878. The summed E-state index contributed by atoms with van der Waals surface area (Å²) < 4.78 is 34.0. The number of rotatable bonds is 8. The first kappa shape index (κ1) is 27.8. The molecule has 190 valence electrons. The van der Waals surface area contributed by atoms with Gasteiger partial charge in [-0.25, -0.2) is 9.59 Å². The molecule has 34 heavy (non-hydrogen) atoms. The molecule has 1 fully saturated rings. The van der Waals surface area contributed by atoms with E-state index in [-0.39, 0.29) is 13.0 Å². The van der Waals surface area contributed by atoms with Crippen LogP contribution in [0, 0.1) is 0 Å². The van der Waals surface area contributed by atoms with Gasteiger partial charge >= 0.3 is 19.2 Å². The lowest BCUT2D eigenvalue weighted by atomic mass is 9.74. The number of carbonyl (C=O) groups is 2. The quantitative estimate of drug-likeness (QED) is 0.449. The molecule has 0 aliphatic carbocycles. The predicted molar refractivity (Wildman–Crippen MR) is 129 cm³/mol. The molecule has 9 nitrogen and oxygen atoms in total. The van der Waals surface area contributed by atoms with Crippen molar-refractivity contribution in [1.82, 2.24) is 5.32 Å². The van der Waals surface area contributed by atoms with Gasteiger partial charge in [0.05, 0.1) is 32.0 Å². The van der Waals surface area contributed by atoms with Crippen molar-refractivity contribution in [1.29, 1.82) is 0 Å². The van der Waals surface area contributed by atoms with Gasteiger partial charge in [-0.2, -0.15) is 0 Å². The van der Waals surface area contributed by atoms with Gasteiger partial charge in [-0.3, -0.25) is 0 Å². The monoisotopic (exact) mass is 479 g/mol. The van der Waals surface area contributed by atoms with Crippen LogP contribution in [-0.4, -0.2) is 62.9 Å². The minimum atomic E-state index is -1.01. The fourth-order valence-corrected chi connectivity index (χ4v) is 3.41. The molecule has 1 aliphatic rings. The third-order valence-corrected chi connectivity index (χ3v) is 5.84. The van der Waals surface area contributed by atoms with Crippen LogP contribution < -0.4 is 20.3 Å². The normalized spacial score (nSPS) is 17.6. The Labute approximate surface area is 202 Å². The Hall–Kier alpha value is -2.46. The minimum Gasteiger partial charge on any atom is -0.493 e. The molecule has 0 saturated carbocycles. The van der Waals surface area contributed by atoms with Gasteiger partial charge in [0, 0.05) is 6.42 Å². The Balaban J connectivity index is 2.48. The van der Waals surface area contributed by atoms with E-state index in [2.05, 4.69) is 5.32 Å². The molecule has 1 N–H and O–H groups in total. The molecule has 1 atom stereocenters. The summed E-state index contributed by atoms with van der Waals surface area (Å²) in [6.07, 6.45) is -0.624. The highest BCUT2D eigenvalue weighted by Gasteiger charge is 2.52. The maximum atomic E-state index is 12.8. The number of amides is 1. The molecule has 1 amide bonds. The van der Waals surface area contributed by atoms with Crippen LogP contribution >= 0.6 is 0 Å². The Morgan fingerprint density at radius 3 is 2.03 bits per heavy atom. The zero-order valence-electron chi connectivity index (χ0n) is 22.0. The van der Waals surface area contributed by atoms with Gasteiger partial charge in [-0.05, 0) is 78.5 Å². The first-order valence-electron chi connectivity index (χ1n) is 11.4. The summed E-state index contributed by atoms with van der Waals surface area (Å²) in [6.45, 7) is 14.9. The summed E-state index contributed by atoms with van der Waals surface area (Å²) in [5, 5.41) is 2.63. The Kier molecular flexibility index (Phi) is 8.53. The first-order valence-corrected chi connectivity index (χ1v) is 11.4. The first-order chi connectivity index (χ1) is 15.6. The molecular weight excluding hydrogens is 441 g/mol. The molecule has 2 rings (SSSR count). The molecule has 0 spiro atoms. The van der Waals surface area contributed by atoms with Gasteiger partial charge in [0.15, 0.2) is 11.5 Å². The smallest absolute Gasteiger partial charge is 0.493 e. The second kappa shape index (κ2) is 10.4. The summed E-state index contributed by atoms with van der Waals surface area (Å²) in [6, 6.07) is 2.52. The fraction of sp³-hybridized carbons (Fsp3) is 0.667. The minimum absolute atomic E-state index is 0.0951. The van der Waals surface area contributed by atoms with E-state index in [9.17, 15) is 9.59 Å². The number of alkyl carbamates (subject to hydrolysis) is 1. The fourth-order valence-electron chi connectivity index (χ4n) is 3.41. The summed E-state index contributed by atoms with van der Waals surface area (Å²) in [5.41, 5.74) is -0.531. The van der Waals surface area contributed by atoms with Crippen LogP contribution in [0.3, 0.4) is 0 Å². The highest BCUT2D eigenvalue weighted by atomic mass is 16.7. The number of ether oxygens (including phenoxy) is 4. The van der Waals surface area contributed by atoms with Gasteiger partial charge in [-0.15, -0.1) is 0 Å². The number of esters is 1. The third-order valence-electron chi connectivity index (χ3n) is 5.84. The number of hydrogen-bond donors (Lipinski definition) is 1. The average Bonchev–Trinajstić information content (AvgIpc) is 2.92. The van der Waals surface area contributed by atoms with E-state index in [0.717, 1.165) is 0 Å². The molecule has 1 heterocycles. The molecular formula is C24H38BNO8. The van der Waals surface area contributed by atoms with Crippen molar-refractivity contribution < 1.29 is 37.8 Å². The van der Waals surface area contributed by atoms with E-state index >= 15 is 0 Å². The summed E-state index contributed by atoms with van der Waals surface area (Å²) in [7, 11) is 2.35. The summed E-state index contributed by atoms with van der Waals surface area (Å²) >= 11 is 0. The largest absolute Gasteiger partial charge is 0.495 e. The van der Waals surface area contributed by atoms with E-state index in [1.165, 1.54) is 14.2 Å². The van der Waals surface area contributed by atoms with Crippen LogP contribution in [0.2, 0.25) is 0 Å². The molecule has 0 bridgehead atoms. The molecule has 10 heteroatoms. The molecule has 1 unspecified atom stereocenters. The molecule has 0 aromatic heterocycles. The molecule has 1 aliphatic heterocycles. The molecule has 1 aromatic rings. The van der Waals surface area contributed by atoms with Crippen molar-refractivity contribution in [2.75, 3.05) is 20.8 Å². The highest BCUT2D eigenvalue weighted by Crippen LogP contribution is 2.38. The maximum absolute atomic E-state index is 12.8. The lowest BCUT2D eigenvalue weighted by molar-refractivity contribution is -0.145. The lowest BCUT2D eigenvalue weighted by Gasteiger charge is -2.32. The topological polar surface area (TPSA) is 102 Å². The zero-order valence-corrected chi connectivity index (χ0v) is 22.0. The van der Waals surface area contributed by atoms with Crippen molar-refractivity contribution in [2.24, 2.45) is 0 Å². The van der Waals surface area contributed by atoms with Crippen LogP contribution in [0.15, 0.2) is 12.1 Å². The standard InChI is InChI=1S/C24H38BNO8/c1-11-31-20(27)17(26-21(28)32-22(2,3)4)12-15-13-18(29-9)19(30-10)14-16(15)25-33-23(5,6)24(7,8)34-25/h13-14,17H,11-12H2,1-10H3,(H,26,28). The SMILES string of the molecule is CCOC(=O)C(Cc1cc(OC)c(OC)cc1B1OC(C)(C)C(C)(C)O1)NC(=O)OC(C)(C)C. The van der Waals surface area contributed by atoms with Gasteiger partial charge < -0.3 is 33.6 Å². The van der Waals surface area contributed by atoms with Gasteiger partial charge in [0.25, 0.3) is 0 Å². The van der Waals surface area contributed by atoms with Crippen molar-refractivity contribution in [3.63, 3.8) is 0 Å². The van der Waals surface area contributed by atoms with Crippen LogP contribution in [0.25, 0.3) is 0 Å². The lowest BCUT2D eigenvalue weighted by Crippen LogP contribution is -2.47. The van der Waals surface area contributed by atoms with E-state index in [0.29, 0.717) is 22.5 Å². The number of methoxy groups -OCH3 is 2. The van der Waals surface area contributed by atoms with Gasteiger partial charge in [-0.1, -0.05) is 0 Å². The van der Waals surface area contributed by atoms with Crippen molar-refractivity contribution in [3.8, 4) is 11.5 Å². The Morgan fingerprint density at radius 1 is 1.03 bits per heavy atom. The van der Waals surface area contributed by atoms with E-state index in [4.69, 9.17) is 28.3 Å². The average molecular weight is 479 g/mol. The van der Waals surface area contributed by atoms with E-state index in [1.54, 1.807) is 39.8 Å². The second-order valence-corrected chi connectivity index (χ2v) is 10.1. The van der Waals surface area contributed by atoms with Crippen LogP contribution in [-0.2, 0) is 30.0 Å². The van der Waals surface area contributed by atoms with Crippen LogP contribution in [0.5, 0.6) is 11.5 Å². The van der Waals surface area contributed by atoms with Crippen molar-refractivity contribution in [2.45, 2.75) is 84.7 Å². The zero-order chi connectivity index (χ0) is 25.9. The number of nitrogens with one attached hydrogen (secondary N) is 1. The highest BCUT2D eigenvalue weighted by molar-refractivity contribution is 6.62. The van der Waals surface area contributed by atoms with E-state index < -0.39 is 42.0 Å². The number of carbonyl (C=O) groups excluding carboxylic acids is 2. The van der Waals surface area contributed by atoms with Crippen molar-refractivity contribution in [3.05, 3.63) is 17.7 Å². The summed E-state index contributed by atoms with van der Waals surface area (Å²) in [5.74, 6) is 0.379.